The fraction of sp³-hybridized carbons (Fsp3) is 0.333. The van der Waals surface area contributed by atoms with Gasteiger partial charge in [-0.3, -0.25) is 9.78 Å². The van der Waals surface area contributed by atoms with Crippen LogP contribution in [-0.4, -0.2) is 23.7 Å². The van der Waals surface area contributed by atoms with E-state index < -0.39 is 21.3 Å². The lowest BCUT2D eigenvalue weighted by Crippen LogP contribution is -2.31. The molecule has 0 aliphatic carbocycles. The zero-order valence-electron chi connectivity index (χ0n) is 12.7. The quantitative estimate of drug-likeness (QED) is 0.773. The molecule has 0 saturated heterocycles. The minimum Gasteiger partial charge on any atom is -0.301 e. The van der Waals surface area contributed by atoms with E-state index in [4.69, 9.17) is 0 Å². The fourth-order valence-electron chi connectivity index (χ4n) is 2.18. The molecule has 0 amide bonds. The SMILES string of the molecule is CC(NS(=O)(=O)CCCn1ccc(=O)[nH]c1=O)c1ccccc1. The maximum atomic E-state index is 12.1. The summed E-state index contributed by atoms with van der Waals surface area (Å²) >= 11 is 0. The number of aromatic nitrogens is 2. The molecule has 0 aliphatic rings. The second kappa shape index (κ2) is 7.38. The molecule has 1 atom stereocenters. The van der Waals surface area contributed by atoms with Gasteiger partial charge in [0.15, 0.2) is 0 Å². The monoisotopic (exact) mass is 337 g/mol. The fourth-order valence-corrected chi connectivity index (χ4v) is 3.48. The molecule has 0 fully saturated rings. The maximum absolute atomic E-state index is 12.1. The molecule has 1 aromatic carbocycles. The molecule has 8 heteroatoms. The van der Waals surface area contributed by atoms with Crippen molar-refractivity contribution >= 4 is 10.0 Å². The molecule has 0 saturated carbocycles. The van der Waals surface area contributed by atoms with Crippen LogP contribution in [0.15, 0.2) is 52.2 Å². The van der Waals surface area contributed by atoms with E-state index >= 15 is 0 Å². The summed E-state index contributed by atoms with van der Waals surface area (Å²) in [4.78, 5) is 24.6. The van der Waals surface area contributed by atoms with Crippen molar-refractivity contribution in [3.8, 4) is 0 Å². The van der Waals surface area contributed by atoms with Crippen LogP contribution in [-0.2, 0) is 16.6 Å². The molecule has 2 rings (SSSR count). The third kappa shape index (κ3) is 5.19. The van der Waals surface area contributed by atoms with E-state index in [1.807, 2.05) is 30.3 Å². The van der Waals surface area contributed by atoms with E-state index in [-0.39, 0.29) is 24.8 Å². The summed E-state index contributed by atoms with van der Waals surface area (Å²) < 4.78 is 28.1. The molecule has 1 heterocycles. The second-order valence-electron chi connectivity index (χ2n) is 5.23. The van der Waals surface area contributed by atoms with Crippen molar-refractivity contribution < 1.29 is 8.42 Å². The summed E-state index contributed by atoms with van der Waals surface area (Å²) in [6, 6.07) is 10.2. The van der Waals surface area contributed by atoms with Gasteiger partial charge >= 0.3 is 5.69 Å². The highest BCUT2D eigenvalue weighted by atomic mass is 32.2. The number of H-pyrrole nitrogens is 1. The summed E-state index contributed by atoms with van der Waals surface area (Å²) in [5.41, 5.74) is -0.134. The third-order valence-electron chi connectivity index (χ3n) is 3.36. The van der Waals surface area contributed by atoms with Crippen molar-refractivity contribution in [2.45, 2.75) is 25.9 Å². The van der Waals surface area contributed by atoms with Gasteiger partial charge in [0, 0.05) is 24.8 Å². The second-order valence-corrected chi connectivity index (χ2v) is 7.10. The predicted molar refractivity (Wildman–Crippen MR) is 87.7 cm³/mol. The number of hydrogen-bond donors (Lipinski definition) is 2. The Bertz CT molecular complexity index is 856. The van der Waals surface area contributed by atoms with Gasteiger partial charge in [0.05, 0.1) is 5.75 Å². The van der Waals surface area contributed by atoms with Gasteiger partial charge in [0.1, 0.15) is 0 Å². The van der Waals surface area contributed by atoms with Crippen LogP contribution in [0.1, 0.15) is 24.9 Å². The smallest absolute Gasteiger partial charge is 0.301 e. The Labute approximate surface area is 134 Å². The molecule has 0 radical (unpaired) electrons. The van der Waals surface area contributed by atoms with Gasteiger partial charge in [0.2, 0.25) is 10.0 Å². The zero-order chi connectivity index (χ0) is 16.9. The normalized spacial score (nSPS) is 12.9. The Morgan fingerprint density at radius 1 is 1.17 bits per heavy atom. The predicted octanol–water partition coefficient (Wildman–Crippen LogP) is 0.607. The van der Waals surface area contributed by atoms with Gasteiger partial charge in [-0.1, -0.05) is 30.3 Å². The van der Waals surface area contributed by atoms with Gasteiger partial charge in [-0.2, -0.15) is 0 Å². The van der Waals surface area contributed by atoms with Crippen molar-refractivity contribution in [1.82, 2.24) is 14.3 Å². The molecule has 2 N–H and O–H groups in total. The van der Waals surface area contributed by atoms with Gasteiger partial charge in [-0.05, 0) is 18.9 Å². The van der Waals surface area contributed by atoms with Crippen molar-refractivity contribution in [1.29, 1.82) is 0 Å². The minimum atomic E-state index is -3.46. The molecular formula is C15H19N3O4S. The van der Waals surface area contributed by atoms with Crippen LogP contribution in [0, 0.1) is 0 Å². The summed E-state index contributed by atoms with van der Waals surface area (Å²) in [6.07, 6.45) is 1.62. The molecule has 2 aromatic rings. The molecule has 124 valence electrons. The van der Waals surface area contributed by atoms with Crippen LogP contribution in [0.4, 0.5) is 0 Å². The van der Waals surface area contributed by atoms with E-state index in [0.717, 1.165) is 5.56 Å². The standard InChI is InChI=1S/C15H19N3O4S/c1-12(13-6-3-2-4-7-13)17-23(21,22)11-5-9-18-10-8-14(19)16-15(18)20/h2-4,6-8,10,12,17H,5,9,11H2,1H3,(H,16,19,20). The lowest BCUT2D eigenvalue weighted by molar-refractivity contribution is 0.556. The molecular weight excluding hydrogens is 318 g/mol. The van der Waals surface area contributed by atoms with Gasteiger partial charge in [0.25, 0.3) is 5.56 Å². The first-order valence-corrected chi connectivity index (χ1v) is 8.87. The molecule has 0 bridgehead atoms. The molecule has 7 nitrogen and oxygen atoms in total. The van der Waals surface area contributed by atoms with Crippen LogP contribution < -0.4 is 16.0 Å². The average molecular weight is 337 g/mol. The lowest BCUT2D eigenvalue weighted by atomic mass is 10.1. The average Bonchev–Trinajstić information content (AvgIpc) is 2.50. The molecule has 1 unspecified atom stereocenters. The van der Waals surface area contributed by atoms with Gasteiger partial charge in [-0.15, -0.1) is 0 Å². The Kier molecular flexibility index (Phi) is 5.51. The topological polar surface area (TPSA) is 101 Å². The van der Waals surface area contributed by atoms with E-state index in [2.05, 4.69) is 9.71 Å². The number of nitrogens with one attached hydrogen (secondary N) is 2. The van der Waals surface area contributed by atoms with Crippen molar-refractivity contribution in [3.63, 3.8) is 0 Å². The number of hydrogen-bond acceptors (Lipinski definition) is 4. The van der Waals surface area contributed by atoms with Gasteiger partial charge < -0.3 is 4.57 Å². The zero-order valence-corrected chi connectivity index (χ0v) is 13.5. The Morgan fingerprint density at radius 2 is 1.87 bits per heavy atom. The van der Waals surface area contributed by atoms with Gasteiger partial charge in [-0.25, -0.2) is 17.9 Å². The Balaban J connectivity index is 1.91. The summed E-state index contributed by atoms with van der Waals surface area (Å²) in [5.74, 6) is -0.101. The molecule has 0 spiro atoms. The van der Waals surface area contributed by atoms with Crippen LogP contribution in [0.2, 0.25) is 0 Å². The van der Waals surface area contributed by atoms with Crippen molar-refractivity contribution in [2.75, 3.05) is 5.75 Å². The van der Waals surface area contributed by atoms with Crippen LogP contribution in [0.25, 0.3) is 0 Å². The maximum Gasteiger partial charge on any atom is 0.328 e. The number of benzene rings is 1. The third-order valence-corrected chi connectivity index (χ3v) is 4.90. The van der Waals surface area contributed by atoms with Crippen LogP contribution in [0.5, 0.6) is 0 Å². The largest absolute Gasteiger partial charge is 0.328 e. The summed E-state index contributed by atoms with van der Waals surface area (Å²) in [7, 11) is -3.46. The number of aryl methyl sites for hydroxylation is 1. The van der Waals surface area contributed by atoms with Crippen molar-refractivity contribution in [2.24, 2.45) is 0 Å². The molecule has 23 heavy (non-hydrogen) atoms. The highest BCUT2D eigenvalue weighted by Gasteiger charge is 2.15. The van der Waals surface area contributed by atoms with E-state index in [1.54, 1.807) is 6.92 Å². The number of nitrogens with zero attached hydrogens (tertiary/aromatic N) is 1. The molecule has 0 aliphatic heterocycles. The lowest BCUT2D eigenvalue weighted by Gasteiger charge is -2.14. The number of sulfonamides is 1. The van der Waals surface area contributed by atoms with E-state index in [0.29, 0.717) is 0 Å². The number of rotatable bonds is 7. The first-order valence-electron chi connectivity index (χ1n) is 7.22. The first kappa shape index (κ1) is 17.2. The van der Waals surface area contributed by atoms with E-state index in [9.17, 15) is 18.0 Å². The Hall–Kier alpha value is -2.19. The Morgan fingerprint density at radius 3 is 2.52 bits per heavy atom. The van der Waals surface area contributed by atoms with Crippen LogP contribution in [0.3, 0.4) is 0 Å². The minimum absolute atomic E-state index is 0.101. The van der Waals surface area contributed by atoms with Crippen molar-refractivity contribution in [3.05, 3.63) is 69.0 Å². The highest BCUT2D eigenvalue weighted by molar-refractivity contribution is 7.89. The van der Waals surface area contributed by atoms with E-state index in [1.165, 1.54) is 16.8 Å². The first-order chi connectivity index (χ1) is 10.9. The summed E-state index contributed by atoms with van der Waals surface area (Å²) in [5, 5.41) is 0. The van der Waals surface area contributed by atoms with Crippen LogP contribution >= 0.6 is 0 Å². The number of aromatic amines is 1. The summed E-state index contributed by atoms with van der Waals surface area (Å²) in [6.45, 7) is 2.00. The molecule has 1 aromatic heterocycles. The highest BCUT2D eigenvalue weighted by Crippen LogP contribution is 2.12.